The van der Waals surface area contributed by atoms with Gasteiger partial charge in [-0.15, -0.1) is 11.3 Å². The van der Waals surface area contributed by atoms with E-state index in [0.29, 0.717) is 36.5 Å². The lowest BCUT2D eigenvalue weighted by atomic mass is 9.97. The van der Waals surface area contributed by atoms with E-state index in [4.69, 9.17) is 4.74 Å². The van der Waals surface area contributed by atoms with Crippen LogP contribution in [-0.4, -0.2) is 51.1 Å². The number of esters is 1. The van der Waals surface area contributed by atoms with Gasteiger partial charge in [-0.3, -0.25) is 4.79 Å². The average molecular weight is 396 g/mol. The maximum Gasteiger partial charge on any atom is 0.348 e. The number of nitrogens with zero attached hydrogens (tertiary/aromatic N) is 1. The zero-order chi connectivity index (χ0) is 18.9. The lowest BCUT2D eigenvalue weighted by molar-refractivity contribution is -0.120. The third-order valence-electron chi connectivity index (χ3n) is 4.46. The number of rotatable bonds is 4. The fourth-order valence-corrected chi connectivity index (χ4v) is 4.85. The minimum Gasteiger partial charge on any atom is -0.465 e. The van der Waals surface area contributed by atoms with Gasteiger partial charge in [0.25, 0.3) is 0 Å². The van der Waals surface area contributed by atoms with E-state index in [0.717, 1.165) is 10.1 Å². The van der Waals surface area contributed by atoms with Gasteiger partial charge in [-0.25, -0.2) is 17.5 Å². The first-order valence-corrected chi connectivity index (χ1v) is 10.8. The summed E-state index contributed by atoms with van der Waals surface area (Å²) >= 11 is 1.34. The highest BCUT2D eigenvalue weighted by molar-refractivity contribution is 7.88. The van der Waals surface area contributed by atoms with Gasteiger partial charge in [0.1, 0.15) is 4.88 Å². The van der Waals surface area contributed by atoms with Crippen molar-refractivity contribution in [2.24, 2.45) is 5.92 Å². The van der Waals surface area contributed by atoms with Gasteiger partial charge in [0.05, 0.1) is 13.4 Å². The Morgan fingerprint density at radius 2 is 1.92 bits per heavy atom. The Morgan fingerprint density at radius 1 is 1.23 bits per heavy atom. The van der Waals surface area contributed by atoms with Crippen molar-refractivity contribution >= 4 is 49.0 Å². The number of amides is 1. The summed E-state index contributed by atoms with van der Waals surface area (Å²) in [6.07, 6.45) is 2.20. The first kappa shape index (κ1) is 18.8. The van der Waals surface area contributed by atoms with E-state index in [1.54, 1.807) is 12.1 Å². The average Bonchev–Trinajstić information content (AvgIpc) is 3.03. The Labute approximate surface area is 156 Å². The van der Waals surface area contributed by atoms with Crippen LogP contribution in [0.2, 0.25) is 0 Å². The number of sulfonamides is 1. The molecule has 1 N–H and O–H groups in total. The van der Waals surface area contributed by atoms with E-state index in [1.807, 2.05) is 12.1 Å². The summed E-state index contributed by atoms with van der Waals surface area (Å²) in [5, 5.41) is 3.75. The molecule has 0 spiro atoms. The third kappa shape index (κ3) is 4.05. The molecule has 0 atom stereocenters. The van der Waals surface area contributed by atoms with Crippen molar-refractivity contribution in [3.05, 3.63) is 29.1 Å². The second-order valence-corrected chi connectivity index (χ2v) is 9.35. The van der Waals surface area contributed by atoms with Crippen LogP contribution in [0.4, 0.5) is 5.69 Å². The van der Waals surface area contributed by atoms with E-state index in [2.05, 4.69) is 5.32 Å². The molecular formula is C17H20N2O5S2. The van der Waals surface area contributed by atoms with Gasteiger partial charge in [-0.05, 0) is 42.5 Å². The van der Waals surface area contributed by atoms with Crippen molar-refractivity contribution in [1.29, 1.82) is 0 Å². The smallest absolute Gasteiger partial charge is 0.348 e. The Bertz CT molecular complexity index is 943. The molecule has 0 bridgehead atoms. The van der Waals surface area contributed by atoms with E-state index < -0.39 is 10.0 Å². The molecule has 0 saturated carbocycles. The summed E-state index contributed by atoms with van der Waals surface area (Å²) in [5.41, 5.74) is 0.655. The highest BCUT2D eigenvalue weighted by Crippen LogP contribution is 2.29. The van der Waals surface area contributed by atoms with Crippen molar-refractivity contribution < 1.29 is 22.7 Å². The van der Waals surface area contributed by atoms with Gasteiger partial charge in [0.2, 0.25) is 15.9 Å². The molecule has 140 valence electrons. The molecule has 26 heavy (non-hydrogen) atoms. The first-order valence-electron chi connectivity index (χ1n) is 8.16. The van der Waals surface area contributed by atoms with Gasteiger partial charge >= 0.3 is 5.97 Å². The van der Waals surface area contributed by atoms with Crippen molar-refractivity contribution in [3.8, 4) is 0 Å². The molecule has 1 saturated heterocycles. The summed E-state index contributed by atoms with van der Waals surface area (Å²) < 4.78 is 30.2. The van der Waals surface area contributed by atoms with Crippen LogP contribution in [0.15, 0.2) is 24.3 Å². The van der Waals surface area contributed by atoms with Crippen molar-refractivity contribution in [2.45, 2.75) is 12.8 Å². The van der Waals surface area contributed by atoms with Crippen LogP contribution in [-0.2, 0) is 19.6 Å². The molecule has 7 nitrogen and oxygen atoms in total. The number of fused-ring (bicyclic) bond motifs is 1. The zero-order valence-corrected chi connectivity index (χ0v) is 16.2. The predicted octanol–water partition coefficient (Wildman–Crippen LogP) is 2.30. The van der Waals surface area contributed by atoms with Crippen LogP contribution in [0, 0.1) is 5.92 Å². The van der Waals surface area contributed by atoms with Gasteiger partial charge < -0.3 is 10.1 Å². The number of ether oxygens (including phenoxy) is 1. The monoisotopic (exact) mass is 396 g/mol. The molecule has 0 radical (unpaired) electrons. The molecule has 1 aliphatic heterocycles. The molecule has 1 amide bonds. The van der Waals surface area contributed by atoms with E-state index in [9.17, 15) is 18.0 Å². The van der Waals surface area contributed by atoms with Crippen molar-refractivity contribution in [3.63, 3.8) is 0 Å². The van der Waals surface area contributed by atoms with Crippen molar-refractivity contribution in [2.75, 3.05) is 31.8 Å². The molecule has 0 unspecified atom stereocenters. The summed E-state index contributed by atoms with van der Waals surface area (Å²) in [5.74, 6) is -0.702. The minimum atomic E-state index is -3.20. The van der Waals surface area contributed by atoms with Crippen LogP contribution in [0.1, 0.15) is 22.5 Å². The molecule has 0 aliphatic carbocycles. The molecule has 1 aromatic heterocycles. The number of methoxy groups -OCH3 is 1. The lowest BCUT2D eigenvalue weighted by Crippen LogP contribution is -2.40. The summed E-state index contributed by atoms with van der Waals surface area (Å²) in [7, 11) is -1.86. The summed E-state index contributed by atoms with van der Waals surface area (Å²) in [6, 6.07) is 7.21. The van der Waals surface area contributed by atoms with Gasteiger partial charge in [-0.2, -0.15) is 0 Å². The topological polar surface area (TPSA) is 92.8 Å². The Balaban J connectivity index is 1.67. The largest absolute Gasteiger partial charge is 0.465 e. The maximum absolute atomic E-state index is 12.5. The predicted molar refractivity (Wildman–Crippen MR) is 101 cm³/mol. The SMILES string of the molecule is COC(=O)c1cc2cc(NC(=O)C3CCN(S(C)(=O)=O)CC3)ccc2s1. The van der Waals surface area contributed by atoms with Crippen LogP contribution in [0.3, 0.4) is 0 Å². The van der Waals surface area contributed by atoms with Crippen LogP contribution in [0.5, 0.6) is 0 Å². The molecule has 2 aromatic rings. The Kier molecular flexibility index (Phi) is 5.31. The number of hydrogen-bond acceptors (Lipinski definition) is 6. The number of thiophene rings is 1. The van der Waals surface area contributed by atoms with Gasteiger partial charge in [0.15, 0.2) is 0 Å². The lowest BCUT2D eigenvalue weighted by Gasteiger charge is -2.29. The van der Waals surface area contributed by atoms with Gasteiger partial charge in [0, 0.05) is 29.4 Å². The molecule has 2 heterocycles. The van der Waals surface area contributed by atoms with E-state index in [1.165, 1.54) is 29.0 Å². The molecule has 9 heteroatoms. The highest BCUT2D eigenvalue weighted by Gasteiger charge is 2.29. The normalized spacial score (nSPS) is 16.5. The molecule has 1 aromatic carbocycles. The van der Waals surface area contributed by atoms with Crippen molar-refractivity contribution in [1.82, 2.24) is 4.31 Å². The molecule has 1 fully saturated rings. The number of anilines is 1. The molecular weight excluding hydrogens is 376 g/mol. The highest BCUT2D eigenvalue weighted by atomic mass is 32.2. The second-order valence-electron chi connectivity index (χ2n) is 6.28. The Hall–Kier alpha value is -1.97. The first-order chi connectivity index (χ1) is 12.3. The maximum atomic E-state index is 12.5. The fourth-order valence-electron chi connectivity index (χ4n) is 3.02. The number of hydrogen-bond donors (Lipinski definition) is 1. The summed E-state index contributed by atoms with van der Waals surface area (Å²) in [6.45, 7) is 0.728. The number of piperidine rings is 1. The van der Waals surface area contributed by atoms with Crippen LogP contribution < -0.4 is 5.32 Å². The number of nitrogens with one attached hydrogen (secondary N) is 1. The quantitative estimate of drug-likeness (QED) is 0.801. The standard InChI is InChI=1S/C17H20N2O5S2/c1-24-17(21)15-10-12-9-13(3-4-14(12)25-15)18-16(20)11-5-7-19(8-6-11)26(2,22)23/h3-4,9-11H,5-8H2,1-2H3,(H,18,20). The summed E-state index contributed by atoms with van der Waals surface area (Å²) in [4.78, 5) is 24.6. The van der Waals surface area contributed by atoms with Crippen LogP contribution >= 0.6 is 11.3 Å². The Morgan fingerprint density at radius 3 is 2.54 bits per heavy atom. The third-order valence-corrected chi connectivity index (χ3v) is 6.86. The fraction of sp³-hybridized carbons (Fsp3) is 0.412. The zero-order valence-electron chi connectivity index (χ0n) is 14.5. The number of carbonyl (C=O) groups is 2. The molecule has 3 rings (SSSR count). The van der Waals surface area contributed by atoms with Gasteiger partial charge in [-0.1, -0.05) is 0 Å². The minimum absolute atomic E-state index is 0.110. The van der Waals surface area contributed by atoms with E-state index >= 15 is 0 Å². The second kappa shape index (κ2) is 7.34. The van der Waals surface area contributed by atoms with E-state index in [-0.39, 0.29) is 17.8 Å². The molecule has 1 aliphatic rings. The van der Waals surface area contributed by atoms with Crippen LogP contribution in [0.25, 0.3) is 10.1 Å². The number of benzene rings is 1. The number of carbonyl (C=O) groups excluding carboxylic acids is 2.